The van der Waals surface area contributed by atoms with E-state index in [0.29, 0.717) is 11.6 Å². The first-order chi connectivity index (χ1) is 10.1. The van der Waals surface area contributed by atoms with Crippen LogP contribution >= 0.6 is 11.6 Å². The lowest BCUT2D eigenvalue weighted by atomic mass is 10.0. The Bertz CT molecular complexity index is 566. The Morgan fingerprint density at radius 1 is 1.19 bits per heavy atom. The predicted octanol–water partition coefficient (Wildman–Crippen LogP) is 4.73. The molecule has 2 aromatic carbocycles. The molecule has 0 saturated heterocycles. The van der Waals surface area contributed by atoms with Gasteiger partial charge in [-0.05, 0) is 47.9 Å². The summed E-state index contributed by atoms with van der Waals surface area (Å²) >= 11 is 5.87. The Morgan fingerprint density at radius 3 is 2.48 bits per heavy atom. The molecule has 4 heteroatoms. The van der Waals surface area contributed by atoms with Crippen LogP contribution in [0.5, 0.6) is 5.75 Å². The summed E-state index contributed by atoms with van der Waals surface area (Å²) < 4.78 is 18.5. The molecule has 1 atom stereocenters. The van der Waals surface area contributed by atoms with Crippen molar-refractivity contribution in [3.05, 3.63) is 64.4 Å². The van der Waals surface area contributed by atoms with Gasteiger partial charge in [0, 0.05) is 17.6 Å². The zero-order valence-corrected chi connectivity index (χ0v) is 13.0. The highest BCUT2D eigenvalue weighted by Gasteiger charge is 2.09. The Hall–Kier alpha value is -1.58. The first-order valence-electron chi connectivity index (χ1n) is 6.94. The Morgan fingerprint density at radius 2 is 1.90 bits per heavy atom. The van der Waals surface area contributed by atoms with Crippen LogP contribution in [0.4, 0.5) is 4.39 Å². The summed E-state index contributed by atoms with van der Waals surface area (Å²) in [4.78, 5) is 0. The van der Waals surface area contributed by atoms with Crippen molar-refractivity contribution in [2.24, 2.45) is 0 Å². The Balaban J connectivity index is 2.04. The average molecular weight is 308 g/mol. The molecule has 2 rings (SSSR count). The van der Waals surface area contributed by atoms with Gasteiger partial charge in [0.1, 0.15) is 11.6 Å². The van der Waals surface area contributed by atoms with E-state index in [9.17, 15) is 4.39 Å². The van der Waals surface area contributed by atoms with Gasteiger partial charge in [0.15, 0.2) is 0 Å². The van der Waals surface area contributed by atoms with E-state index >= 15 is 0 Å². The highest BCUT2D eigenvalue weighted by atomic mass is 35.5. The monoisotopic (exact) mass is 307 g/mol. The number of hydrogen-bond donors (Lipinski definition) is 1. The highest BCUT2D eigenvalue weighted by Crippen LogP contribution is 2.21. The molecule has 21 heavy (non-hydrogen) atoms. The van der Waals surface area contributed by atoms with Crippen LogP contribution in [-0.2, 0) is 6.54 Å². The molecule has 0 heterocycles. The summed E-state index contributed by atoms with van der Waals surface area (Å²) in [5.41, 5.74) is 2.02. The molecule has 2 aromatic rings. The first-order valence-corrected chi connectivity index (χ1v) is 7.32. The second kappa shape index (κ2) is 7.43. The lowest BCUT2D eigenvalue weighted by Gasteiger charge is -2.18. The van der Waals surface area contributed by atoms with Gasteiger partial charge < -0.3 is 10.1 Å². The largest absolute Gasteiger partial charge is 0.497 e. The topological polar surface area (TPSA) is 21.3 Å². The number of rotatable bonds is 6. The molecule has 0 spiro atoms. The van der Waals surface area contributed by atoms with Crippen LogP contribution in [-0.4, -0.2) is 7.11 Å². The molecule has 0 saturated carbocycles. The summed E-state index contributed by atoms with van der Waals surface area (Å²) in [6, 6.07) is 12.8. The Labute approximate surface area is 129 Å². The Kier molecular flexibility index (Phi) is 5.59. The van der Waals surface area contributed by atoms with Gasteiger partial charge in [-0.3, -0.25) is 0 Å². The molecule has 1 unspecified atom stereocenters. The first kappa shape index (κ1) is 15.8. The van der Waals surface area contributed by atoms with Crippen LogP contribution in [0.3, 0.4) is 0 Å². The lowest BCUT2D eigenvalue weighted by molar-refractivity contribution is 0.414. The summed E-state index contributed by atoms with van der Waals surface area (Å²) in [6.07, 6.45) is 0.940. The van der Waals surface area contributed by atoms with Gasteiger partial charge in [-0.2, -0.15) is 0 Å². The van der Waals surface area contributed by atoms with Crippen LogP contribution in [0.15, 0.2) is 42.5 Å². The van der Waals surface area contributed by atoms with Crippen LogP contribution < -0.4 is 10.1 Å². The fourth-order valence-corrected chi connectivity index (χ4v) is 2.53. The van der Waals surface area contributed by atoms with E-state index in [1.807, 2.05) is 24.3 Å². The summed E-state index contributed by atoms with van der Waals surface area (Å²) in [5.74, 6) is 0.530. The number of benzene rings is 2. The highest BCUT2D eigenvalue weighted by molar-refractivity contribution is 6.30. The molecule has 0 aromatic heterocycles. The van der Waals surface area contributed by atoms with Crippen molar-refractivity contribution in [1.82, 2.24) is 5.32 Å². The molecule has 0 amide bonds. The maximum atomic E-state index is 13.3. The molecule has 0 aliphatic carbocycles. The van der Waals surface area contributed by atoms with Gasteiger partial charge in [-0.1, -0.05) is 30.7 Å². The van der Waals surface area contributed by atoms with Gasteiger partial charge in [0.05, 0.1) is 7.11 Å². The van der Waals surface area contributed by atoms with E-state index in [1.165, 1.54) is 17.7 Å². The van der Waals surface area contributed by atoms with Gasteiger partial charge >= 0.3 is 0 Å². The normalized spacial score (nSPS) is 12.2. The minimum Gasteiger partial charge on any atom is -0.497 e. The van der Waals surface area contributed by atoms with E-state index in [4.69, 9.17) is 16.3 Å². The van der Waals surface area contributed by atoms with Crippen molar-refractivity contribution in [3.63, 3.8) is 0 Å². The third-order valence-electron chi connectivity index (χ3n) is 3.40. The number of hydrogen-bond acceptors (Lipinski definition) is 2. The van der Waals surface area contributed by atoms with Crippen LogP contribution in [0, 0.1) is 5.82 Å². The van der Waals surface area contributed by atoms with Gasteiger partial charge in [-0.25, -0.2) is 4.39 Å². The number of nitrogens with one attached hydrogen (secondary N) is 1. The molecule has 2 nitrogen and oxygen atoms in total. The van der Waals surface area contributed by atoms with Crippen molar-refractivity contribution >= 4 is 11.6 Å². The summed E-state index contributed by atoms with van der Waals surface area (Å²) in [5, 5.41) is 3.85. The fourth-order valence-electron chi connectivity index (χ4n) is 2.29. The molecule has 0 aliphatic heterocycles. The SMILES string of the molecule is CCC(NCc1cc(F)cc(Cl)c1)c1ccc(OC)cc1. The smallest absolute Gasteiger partial charge is 0.125 e. The third-order valence-corrected chi connectivity index (χ3v) is 3.62. The maximum Gasteiger partial charge on any atom is 0.125 e. The summed E-state index contributed by atoms with van der Waals surface area (Å²) in [6.45, 7) is 2.68. The zero-order chi connectivity index (χ0) is 15.2. The average Bonchev–Trinajstić information content (AvgIpc) is 2.47. The second-order valence-electron chi connectivity index (χ2n) is 4.89. The molecule has 112 valence electrons. The molecular formula is C17H19ClFNO. The molecule has 0 bridgehead atoms. The zero-order valence-electron chi connectivity index (χ0n) is 12.2. The predicted molar refractivity (Wildman–Crippen MR) is 84.3 cm³/mol. The minimum atomic E-state index is -0.309. The number of halogens is 2. The van der Waals surface area contributed by atoms with E-state index < -0.39 is 0 Å². The van der Waals surface area contributed by atoms with Gasteiger partial charge in [0.25, 0.3) is 0 Å². The molecule has 1 N–H and O–H groups in total. The second-order valence-corrected chi connectivity index (χ2v) is 5.33. The van der Waals surface area contributed by atoms with E-state index in [-0.39, 0.29) is 11.9 Å². The minimum absolute atomic E-state index is 0.206. The quantitative estimate of drug-likeness (QED) is 0.833. The van der Waals surface area contributed by atoms with Crippen LogP contribution in [0.2, 0.25) is 5.02 Å². The number of methoxy groups -OCH3 is 1. The molecule has 0 fully saturated rings. The van der Waals surface area contributed by atoms with Crippen molar-refractivity contribution < 1.29 is 9.13 Å². The van der Waals surface area contributed by atoms with Crippen molar-refractivity contribution in [2.75, 3.05) is 7.11 Å². The van der Waals surface area contributed by atoms with Crippen LogP contribution in [0.1, 0.15) is 30.5 Å². The van der Waals surface area contributed by atoms with E-state index in [1.54, 1.807) is 13.2 Å². The molecule has 0 radical (unpaired) electrons. The van der Waals surface area contributed by atoms with Gasteiger partial charge in [-0.15, -0.1) is 0 Å². The van der Waals surface area contributed by atoms with Crippen molar-refractivity contribution in [1.29, 1.82) is 0 Å². The van der Waals surface area contributed by atoms with Crippen molar-refractivity contribution in [3.8, 4) is 5.75 Å². The third kappa shape index (κ3) is 4.45. The maximum absolute atomic E-state index is 13.3. The fraction of sp³-hybridized carbons (Fsp3) is 0.294. The van der Waals surface area contributed by atoms with E-state index in [0.717, 1.165) is 17.7 Å². The molecular weight excluding hydrogens is 289 g/mol. The van der Waals surface area contributed by atoms with Gasteiger partial charge in [0.2, 0.25) is 0 Å². The van der Waals surface area contributed by atoms with E-state index in [2.05, 4.69) is 12.2 Å². The van der Waals surface area contributed by atoms with Crippen molar-refractivity contribution in [2.45, 2.75) is 25.9 Å². The lowest BCUT2D eigenvalue weighted by Crippen LogP contribution is -2.20. The number of ether oxygens (including phenoxy) is 1. The van der Waals surface area contributed by atoms with Crippen LogP contribution in [0.25, 0.3) is 0 Å². The standard InChI is InChI=1S/C17H19ClFNO/c1-3-17(13-4-6-16(21-2)7-5-13)20-11-12-8-14(18)10-15(19)9-12/h4-10,17,20H,3,11H2,1-2H3. The molecule has 0 aliphatic rings. The summed E-state index contributed by atoms with van der Waals surface area (Å²) in [7, 11) is 1.65.